The van der Waals surface area contributed by atoms with E-state index < -0.39 is 17.2 Å². The number of hydrogen-bond donors (Lipinski definition) is 2. The number of pyridine rings is 1. The minimum absolute atomic E-state index is 0.229. The summed E-state index contributed by atoms with van der Waals surface area (Å²) in [6.45, 7) is 3.49. The lowest BCUT2D eigenvalue weighted by atomic mass is 10.00. The number of nitrogens with two attached hydrogens (primary N) is 1. The first-order valence-corrected chi connectivity index (χ1v) is 15.8. The van der Waals surface area contributed by atoms with Crippen LogP contribution in [-0.4, -0.2) is 67.6 Å². The highest BCUT2D eigenvalue weighted by Gasteiger charge is 2.26. The summed E-state index contributed by atoms with van der Waals surface area (Å²) < 4.78 is 6.79. The molecule has 1 aromatic heterocycles. The van der Waals surface area contributed by atoms with Crippen LogP contribution in [0, 0.1) is 6.92 Å². The first-order valence-electron chi connectivity index (χ1n) is 15.4. The van der Waals surface area contributed by atoms with Crippen molar-refractivity contribution in [1.82, 2.24) is 14.4 Å². The van der Waals surface area contributed by atoms with Crippen LogP contribution in [0.5, 0.6) is 0 Å². The Balaban J connectivity index is 1.43. The van der Waals surface area contributed by atoms with Crippen molar-refractivity contribution < 1.29 is 19.1 Å². The Morgan fingerprint density at radius 2 is 1.76 bits per heavy atom. The van der Waals surface area contributed by atoms with Gasteiger partial charge >= 0.3 is 5.91 Å². The summed E-state index contributed by atoms with van der Waals surface area (Å²) in [6.07, 6.45) is 1.69. The maximum absolute atomic E-state index is 13.3. The van der Waals surface area contributed by atoms with E-state index in [-0.39, 0.29) is 28.3 Å². The Bertz CT molecular complexity index is 2030. The number of hydrogen-bond acceptors (Lipinski definition) is 8. The van der Waals surface area contributed by atoms with Crippen molar-refractivity contribution in [2.24, 2.45) is 23.0 Å². The molecule has 49 heavy (non-hydrogen) atoms. The second-order valence-electron chi connectivity index (χ2n) is 11.6. The van der Waals surface area contributed by atoms with Gasteiger partial charge in [-0.25, -0.2) is 0 Å². The largest absolute Gasteiger partial charge is 0.378 e. The van der Waals surface area contributed by atoms with Crippen molar-refractivity contribution in [3.8, 4) is 11.1 Å². The molecule has 0 radical (unpaired) electrons. The molecule has 4 aromatic rings. The standard InChI is InChI=1S/C35H35ClN8O5/c1-21-26(6-5-7-29(21)39-41-40-33(46)22-8-11-25(12-9-22)42(2)3)23-18-30(35(48)43(4)20-23)38-24-10-13-27(28(19-24)31(36)32(37)45)34(47)44-14-16-49-17-15-44/h5-13,18-20,31H,14-17H2,1-4H3,(H2-,37,38,45,47)/p+1. The van der Waals surface area contributed by atoms with E-state index in [0.717, 1.165) is 16.8 Å². The molecule has 1 aliphatic heterocycles. The third-order valence-corrected chi connectivity index (χ3v) is 8.55. The van der Waals surface area contributed by atoms with Gasteiger partial charge in [-0.3, -0.25) is 19.2 Å². The van der Waals surface area contributed by atoms with Gasteiger partial charge < -0.3 is 30.2 Å². The van der Waals surface area contributed by atoms with Crippen molar-refractivity contribution >= 4 is 52.1 Å². The fraction of sp³-hybridized carbons (Fsp3) is 0.257. The van der Waals surface area contributed by atoms with E-state index in [1.54, 1.807) is 66.7 Å². The number of anilines is 3. The minimum Gasteiger partial charge on any atom is -0.378 e. The molecule has 1 aliphatic rings. The molecule has 1 fully saturated rings. The zero-order valence-corrected chi connectivity index (χ0v) is 28.3. The van der Waals surface area contributed by atoms with Gasteiger partial charge in [0.25, 0.3) is 11.5 Å². The van der Waals surface area contributed by atoms with Crippen LogP contribution in [0.2, 0.25) is 0 Å². The third kappa shape index (κ3) is 7.92. The number of rotatable bonds is 9. The number of aryl methyl sites for hydroxylation is 1. The van der Waals surface area contributed by atoms with Crippen LogP contribution in [0.4, 0.5) is 22.7 Å². The highest BCUT2D eigenvalue weighted by Crippen LogP contribution is 2.32. The summed E-state index contributed by atoms with van der Waals surface area (Å²) in [5, 5.41) is 9.78. The summed E-state index contributed by atoms with van der Waals surface area (Å²) in [5.74, 6) is -1.62. The Morgan fingerprint density at radius 1 is 1.04 bits per heavy atom. The Kier molecular flexibility index (Phi) is 10.7. The fourth-order valence-electron chi connectivity index (χ4n) is 5.35. The molecule has 1 atom stereocenters. The summed E-state index contributed by atoms with van der Waals surface area (Å²) >= 11 is 6.39. The van der Waals surface area contributed by atoms with Gasteiger partial charge in [-0.05, 0) is 78.2 Å². The molecule has 3 aromatic carbocycles. The monoisotopic (exact) mass is 683 g/mol. The fourth-order valence-corrected chi connectivity index (χ4v) is 5.54. The number of nitrogens with zero attached hydrogens (tertiary/aromatic N) is 6. The molecule has 2 heterocycles. The molecule has 1 saturated heterocycles. The van der Waals surface area contributed by atoms with Crippen molar-refractivity contribution in [3.05, 3.63) is 106 Å². The molecule has 0 bridgehead atoms. The molecule has 0 saturated carbocycles. The normalized spacial score (nSPS) is 13.2. The molecule has 13 nitrogen and oxygen atoms in total. The molecular weight excluding hydrogens is 648 g/mol. The van der Waals surface area contributed by atoms with Crippen molar-refractivity contribution in [1.29, 1.82) is 0 Å². The van der Waals surface area contributed by atoms with Gasteiger partial charge in [-0.15, -0.1) is 11.6 Å². The van der Waals surface area contributed by atoms with Gasteiger partial charge in [-0.2, -0.15) is 0 Å². The van der Waals surface area contributed by atoms with E-state index >= 15 is 0 Å². The SMILES string of the molecule is Cc1c(N=[N+]=NC(=O)c2ccc(N(C)C)cc2)cccc1-c1cc(Nc2ccc(C(=O)N3CCOCC3)c(C(Cl)C(N)=O)c2)c(=O)n(C)c1. The lowest BCUT2D eigenvalue weighted by Crippen LogP contribution is -2.41. The van der Waals surface area contributed by atoms with Gasteiger partial charge in [0.15, 0.2) is 10.8 Å². The number of aromatic nitrogens is 1. The average Bonchev–Trinajstić information content (AvgIpc) is 3.10. The van der Waals surface area contributed by atoms with Crippen LogP contribution in [-0.2, 0) is 16.6 Å². The predicted molar refractivity (Wildman–Crippen MR) is 188 cm³/mol. The van der Waals surface area contributed by atoms with E-state index in [1.165, 1.54) is 4.57 Å². The van der Waals surface area contributed by atoms with Crippen molar-refractivity contribution in [3.63, 3.8) is 0 Å². The second kappa shape index (κ2) is 15.1. The number of morpholine rings is 1. The van der Waals surface area contributed by atoms with E-state index in [4.69, 9.17) is 22.1 Å². The number of halogens is 1. The van der Waals surface area contributed by atoms with Crippen LogP contribution < -0.4 is 26.4 Å². The van der Waals surface area contributed by atoms with Gasteiger partial charge in [0.2, 0.25) is 15.9 Å². The molecule has 1 unspecified atom stereocenters. The molecule has 3 amide bonds. The lowest BCUT2D eigenvalue weighted by Gasteiger charge is -2.28. The van der Waals surface area contributed by atoms with Gasteiger partial charge in [0.05, 0.1) is 13.2 Å². The first-order chi connectivity index (χ1) is 23.4. The lowest BCUT2D eigenvalue weighted by molar-refractivity contribution is -0.117. The highest BCUT2D eigenvalue weighted by molar-refractivity contribution is 6.31. The van der Waals surface area contributed by atoms with E-state index in [2.05, 4.69) is 20.5 Å². The molecule has 3 N–H and O–H groups in total. The predicted octanol–water partition coefficient (Wildman–Crippen LogP) is 4.85. The van der Waals surface area contributed by atoms with Crippen molar-refractivity contribution in [2.75, 3.05) is 50.6 Å². The number of amides is 3. The van der Waals surface area contributed by atoms with Gasteiger partial charge in [-0.1, -0.05) is 12.1 Å². The Morgan fingerprint density at radius 3 is 2.43 bits per heavy atom. The number of carbonyl (C=O) groups is 3. The average molecular weight is 684 g/mol. The Hall–Kier alpha value is -5.62. The minimum atomic E-state index is -1.28. The quantitative estimate of drug-likeness (QED) is 0.145. The van der Waals surface area contributed by atoms with E-state index in [1.807, 2.05) is 44.1 Å². The van der Waals surface area contributed by atoms with E-state index in [0.29, 0.717) is 48.8 Å². The van der Waals surface area contributed by atoms with Crippen LogP contribution in [0.3, 0.4) is 0 Å². The van der Waals surface area contributed by atoms with Gasteiger partial charge in [0.1, 0.15) is 11.1 Å². The number of primary amides is 1. The Labute approximate surface area is 287 Å². The molecule has 0 aliphatic carbocycles. The van der Waals surface area contributed by atoms with Crippen molar-refractivity contribution in [2.45, 2.75) is 12.3 Å². The molecule has 0 spiro atoms. The molecular formula is C35H36ClN8O5+. The summed E-state index contributed by atoms with van der Waals surface area (Å²) in [4.78, 5) is 58.6. The smallest absolute Gasteiger partial charge is 0.360 e. The number of ether oxygens (including phenoxy) is 1. The van der Waals surface area contributed by atoms with Gasteiger partial charge in [0, 0.05) is 68.5 Å². The number of nitrogens with one attached hydrogen (secondary N) is 1. The van der Waals surface area contributed by atoms with Crippen LogP contribution in [0.1, 0.15) is 37.2 Å². The molecule has 252 valence electrons. The molecule has 5 rings (SSSR count). The summed E-state index contributed by atoms with van der Waals surface area (Å²) in [5.41, 5.74) is 10.4. The van der Waals surface area contributed by atoms with Crippen LogP contribution >= 0.6 is 11.6 Å². The third-order valence-electron chi connectivity index (χ3n) is 8.10. The zero-order chi connectivity index (χ0) is 35.2. The zero-order valence-electron chi connectivity index (χ0n) is 27.5. The number of alkyl halides is 1. The maximum Gasteiger partial charge on any atom is 0.360 e. The molecule has 14 heteroatoms. The maximum atomic E-state index is 13.3. The van der Waals surface area contributed by atoms with Crippen LogP contribution in [0.25, 0.3) is 11.1 Å². The topological polar surface area (TPSA) is 166 Å². The van der Waals surface area contributed by atoms with Crippen LogP contribution in [0.15, 0.2) is 87.9 Å². The second-order valence-corrected chi connectivity index (χ2v) is 12.1. The highest BCUT2D eigenvalue weighted by atomic mass is 35.5. The first kappa shape index (κ1) is 34.7. The summed E-state index contributed by atoms with van der Waals surface area (Å²) in [6, 6.07) is 18.9. The summed E-state index contributed by atoms with van der Waals surface area (Å²) in [7, 11) is 5.45. The van der Waals surface area contributed by atoms with E-state index in [9.17, 15) is 19.2 Å². The number of carbonyl (C=O) groups excluding carboxylic acids is 3. The number of benzene rings is 3.